The molecule has 0 aromatic heterocycles. The predicted molar refractivity (Wildman–Crippen MR) is 145 cm³/mol. The van der Waals surface area contributed by atoms with Crippen LogP contribution in [0.1, 0.15) is 16.7 Å². The Morgan fingerprint density at radius 2 is 1.17 bits per heavy atom. The van der Waals surface area contributed by atoms with E-state index in [0.29, 0.717) is 37.3 Å². The van der Waals surface area contributed by atoms with Crippen LogP contribution in [0.4, 0.5) is 0 Å². The van der Waals surface area contributed by atoms with Crippen molar-refractivity contribution in [1.82, 2.24) is 0 Å². The Bertz CT molecular complexity index is 1020. The molecule has 1 saturated heterocycles. The lowest BCUT2D eigenvalue weighted by Crippen LogP contribution is -2.61. The van der Waals surface area contributed by atoms with Gasteiger partial charge in [0.05, 0.1) is 26.4 Å². The molecular weight excluding hydrogens is 571 g/mol. The van der Waals surface area contributed by atoms with Crippen LogP contribution >= 0.6 is 22.6 Å². The van der Waals surface area contributed by atoms with Crippen molar-refractivity contribution in [3.05, 3.63) is 108 Å². The van der Waals surface area contributed by atoms with E-state index < -0.39 is 24.4 Å². The lowest BCUT2D eigenvalue weighted by Gasteiger charge is -2.45. The molecule has 1 fully saturated rings. The molecule has 3 aromatic rings. The Balaban J connectivity index is 1.54. The van der Waals surface area contributed by atoms with E-state index in [-0.39, 0.29) is 6.10 Å². The zero-order valence-electron chi connectivity index (χ0n) is 20.0. The Morgan fingerprint density at radius 3 is 1.67 bits per heavy atom. The summed E-state index contributed by atoms with van der Waals surface area (Å²) in [6, 6.07) is 29.9. The molecule has 1 aliphatic rings. The molecule has 190 valence electrons. The maximum atomic E-state index is 11.4. The van der Waals surface area contributed by atoms with E-state index in [1.165, 1.54) is 0 Å². The summed E-state index contributed by atoms with van der Waals surface area (Å²) in [4.78, 5) is 11.4. The normalized spacial score (nSPS) is 23.8. The van der Waals surface area contributed by atoms with E-state index in [4.69, 9.17) is 23.7 Å². The van der Waals surface area contributed by atoms with Gasteiger partial charge in [-0.3, -0.25) is 4.79 Å². The molecule has 0 aliphatic carbocycles. The van der Waals surface area contributed by atoms with Crippen LogP contribution in [-0.2, 0) is 48.3 Å². The standard InChI is InChI=1S/C29H31IO6/c30-16-25-27(35-21-31)29(34-19-24-14-8-3-9-15-24)28(33-18-23-12-6-2-7-13-23)26(36-25)20-32-17-22-10-4-1-5-11-22/h1-15,21,25-29H,16-20H2/t25-,26-,27+,28-,29-/m1/s1. The molecule has 1 aliphatic heterocycles. The molecule has 5 atom stereocenters. The highest BCUT2D eigenvalue weighted by Gasteiger charge is 2.48. The zero-order chi connectivity index (χ0) is 25.0. The predicted octanol–water partition coefficient (Wildman–Crippen LogP) is 5.12. The number of alkyl halides is 1. The summed E-state index contributed by atoms with van der Waals surface area (Å²) >= 11 is 2.25. The number of rotatable bonds is 13. The number of benzene rings is 3. The smallest absolute Gasteiger partial charge is 0.293 e. The van der Waals surface area contributed by atoms with Gasteiger partial charge in [0.2, 0.25) is 0 Å². The number of hydrogen-bond donors (Lipinski definition) is 0. The van der Waals surface area contributed by atoms with Crippen molar-refractivity contribution in [3.63, 3.8) is 0 Å². The number of hydrogen-bond acceptors (Lipinski definition) is 6. The molecule has 0 amide bonds. The molecule has 0 saturated carbocycles. The van der Waals surface area contributed by atoms with E-state index >= 15 is 0 Å². The fourth-order valence-electron chi connectivity index (χ4n) is 4.27. The van der Waals surface area contributed by atoms with E-state index in [2.05, 4.69) is 22.6 Å². The Hall–Kier alpha value is -2.30. The largest absolute Gasteiger partial charge is 0.459 e. The zero-order valence-corrected chi connectivity index (χ0v) is 22.1. The highest BCUT2D eigenvalue weighted by atomic mass is 127. The Kier molecular flexibility index (Phi) is 10.7. The molecule has 0 radical (unpaired) electrons. The first-order valence-electron chi connectivity index (χ1n) is 12.0. The van der Waals surface area contributed by atoms with Gasteiger partial charge in [0.15, 0.2) is 6.10 Å². The number of carbonyl (C=O) groups excluding carboxylic acids is 1. The fraction of sp³-hybridized carbons (Fsp3) is 0.345. The van der Waals surface area contributed by atoms with Gasteiger partial charge in [0.25, 0.3) is 6.47 Å². The Morgan fingerprint density at radius 1 is 0.667 bits per heavy atom. The maximum absolute atomic E-state index is 11.4. The first-order valence-corrected chi connectivity index (χ1v) is 13.5. The molecule has 0 unspecified atom stereocenters. The van der Waals surface area contributed by atoms with Crippen molar-refractivity contribution < 1.29 is 28.5 Å². The number of carbonyl (C=O) groups is 1. The summed E-state index contributed by atoms with van der Waals surface area (Å²) < 4.78 is 31.5. The van der Waals surface area contributed by atoms with Crippen LogP contribution in [0.15, 0.2) is 91.0 Å². The fourth-order valence-corrected chi connectivity index (χ4v) is 4.98. The van der Waals surface area contributed by atoms with Crippen molar-refractivity contribution in [2.24, 2.45) is 0 Å². The van der Waals surface area contributed by atoms with Gasteiger partial charge in [-0.15, -0.1) is 0 Å². The molecule has 0 bridgehead atoms. The Labute approximate surface area is 226 Å². The first kappa shape index (κ1) is 26.8. The summed E-state index contributed by atoms with van der Waals surface area (Å²) in [5.41, 5.74) is 3.14. The summed E-state index contributed by atoms with van der Waals surface area (Å²) in [5.74, 6) is 0. The quantitative estimate of drug-likeness (QED) is 0.154. The van der Waals surface area contributed by atoms with Crippen LogP contribution < -0.4 is 0 Å². The van der Waals surface area contributed by atoms with Gasteiger partial charge in [-0.1, -0.05) is 114 Å². The minimum atomic E-state index is -0.603. The van der Waals surface area contributed by atoms with Crippen LogP contribution in [0.5, 0.6) is 0 Å². The summed E-state index contributed by atoms with van der Waals surface area (Å²) in [7, 11) is 0. The average Bonchev–Trinajstić information content (AvgIpc) is 2.93. The molecule has 1 heterocycles. The molecule has 3 aromatic carbocycles. The van der Waals surface area contributed by atoms with E-state index in [9.17, 15) is 4.79 Å². The van der Waals surface area contributed by atoms with Crippen molar-refractivity contribution >= 4 is 29.1 Å². The second-order valence-electron chi connectivity index (χ2n) is 8.59. The molecule has 36 heavy (non-hydrogen) atoms. The molecule has 0 N–H and O–H groups in total. The SMILES string of the molecule is O=CO[C@@H]1[C@@H](OCc2ccccc2)[C@H](OCc2ccccc2)[C@@H](COCc2ccccc2)O[C@@H]1CI. The minimum Gasteiger partial charge on any atom is -0.459 e. The van der Waals surface area contributed by atoms with E-state index in [1.807, 2.05) is 91.0 Å². The maximum Gasteiger partial charge on any atom is 0.293 e. The number of halogens is 1. The van der Waals surface area contributed by atoms with Crippen LogP contribution in [0, 0.1) is 0 Å². The van der Waals surface area contributed by atoms with Gasteiger partial charge in [-0.05, 0) is 16.7 Å². The minimum absolute atomic E-state index is 0.320. The second-order valence-corrected chi connectivity index (χ2v) is 9.47. The van der Waals surface area contributed by atoms with Crippen LogP contribution in [-0.4, -0.2) is 48.0 Å². The van der Waals surface area contributed by atoms with Gasteiger partial charge >= 0.3 is 0 Å². The average molecular weight is 602 g/mol. The van der Waals surface area contributed by atoms with E-state index in [0.717, 1.165) is 16.7 Å². The van der Waals surface area contributed by atoms with Crippen LogP contribution in [0.25, 0.3) is 0 Å². The van der Waals surface area contributed by atoms with Gasteiger partial charge < -0.3 is 23.7 Å². The topological polar surface area (TPSA) is 63.2 Å². The molecule has 0 spiro atoms. The third-order valence-corrected chi connectivity index (χ3v) is 6.93. The summed E-state index contributed by atoms with van der Waals surface area (Å²) in [5, 5.41) is 0. The third kappa shape index (κ3) is 7.60. The summed E-state index contributed by atoms with van der Waals surface area (Å²) in [6.45, 7) is 1.98. The van der Waals surface area contributed by atoms with Gasteiger partial charge in [0, 0.05) is 4.43 Å². The molecule has 4 rings (SSSR count). The second kappa shape index (κ2) is 14.4. The van der Waals surface area contributed by atoms with Crippen molar-refractivity contribution in [3.8, 4) is 0 Å². The van der Waals surface area contributed by atoms with Crippen molar-refractivity contribution in [2.45, 2.75) is 50.3 Å². The highest BCUT2D eigenvalue weighted by molar-refractivity contribution is 14.1. The highest BCUT2D eigenvalue weighted by Crippen LogP contribution is 2.31. The number of ether oxygens (including phenoxy) is 5. The lowest BCUT2D eigenvalue weighted by molar-refractivity contribution is -0.258. The van der Waals surface area contributed by atoms with Crippen molar-refractivity contribution in [2.75, 3.05) is 11.0 Å². The van der Waals surface area contributed by atoms with Crippen molar-refractivity contribution in [1.29, 1.82) is 0 Å². The van der Waals surface area contributed by atoms with E-state index in [1.54, 1.807) is 0 Å². The van der Waals surface area contributed by atoms with Gasteiger partial charge in [-0.25, -0.2) is 0 Å². The van der Waals surface area contributed by atoms with Gasteiger partial charge in [0.1, 0.15) is 24.4 Å². The van der Waals surface area contributed by atoms with Gasteiger partial charge in [-0.2, -0.15) is 0 Å². The van der Waals surface area contributed by atoms with Crippen LogP contribution in [0.3, 0.4) is 0 Å². The van der Waals surface area contributed by atoms with Crippen LogP contribution in [0.2, 0.25) is 0 Å². The molecule has 6 nitrogen and oxygen atoms in total. The molecule has 7 heteroatoms. The lowest BCUT2D eigenvalue weighted by atomic mass is 9.95. The molecular formula is C29H31IO6. The summed E-state index contributed by atoms with van der Waals surface area (Å²) in [6.07, 6.45) is -2.39. The third-order valence-electron chi connectivity index (χ3n) is 6.06. The monoisotopic (exact) mass is 602 g/mol. The first-order chi connectivity index (χ1) is 17.8.